The van der Waals surface area contributed by atoms with E-state index in [1.54, 1.807) is 0 Å². The van der Waals surface area contributed by atoms with Crippen molar-refractivity contribution in [3.8, 4) is 0 Å². The number of anilines is 1. The summed E-state index contributed by atoms with van der Waals surface area (Å²) in [6.07, 6.45) is 2.22. The Labute approximate surface area is 125 Å². The minimum atomic E-state index is 0.192. The molecule has 0 aromatic heterocycles. The van der Waals surface area contributed by atoms with Crippen LogP contribution < -0.4 is 10.2 Å². The first-order chi connectivity index (χ1) is 9.22. The van der Waals surface area contributed by atoms with Crippen molar-refractivity contribution in [1.29, 1.82) is 0 Å². The maximum atomic E-state index is 9.22. The van der Waals surface area contributed by atoms with Crippen molar-refractivity contribution >= 4 is 21.6 Å². The van der Waals surface area contributed by atoms with Gasteiger partial charge in [-0.25, -0.2) is 0 Å². The van der Waals surface area contributed by atoms with Crippen LogP contribution in [0.5, 0.6) is 0 Å². The van der Waals surface area contributed by atoms with Crippen LogP contribution in [0.4, 0.5) is 5.69 Å². The van der Waals surface area contributed by atoms with E-state index in [-0.39, 0.29) is 6.61 Å². The fourth-order valence-corrected chi connectivity index (χ4v) is 2.56. The largest absolute Gasteiger partial charge is 0.395 e. The van der Waals surface area contributed by atoms with Crippen molar-refractivity contribution < 1.29 is 5.11 Å². The molecule has 108 valence electrons. The van der Waals surface area contributed by atoms with E-state index in [0.29, 0.717) is 6.54 Å². The van der Waals surface area contributed by atoms with E-state index in [1.165, 1.54) is 11.3 Å². The van der Waals surface area contributed by atoms with Gasteiger partial charge in [0.1, 0.15) is 0 Å². The van der Waals surface area contributed by atoms with Crippen LogP contribution >= 0.6 is 15.9 Å². The number of hydrogen-bond donors (Lipinski definition) is 2. The number of benzene rings is 1. The number of halogens is 1. The number of rotatable bonds is 9. The molecule has 0 amide bonds. The molecule has 0 fully saturated rings. The summed E-state index contributed by atoms with van der Waals surface area (Å²) >= 11 is 3.54. The highest BCUT2D eigenvalue weighted by atomic mass is 79.9. The summed E-state index contributed by atoms with van der Waals surface area (Å²) in [6.45, 7) is 8.09. The molecule has 4 heteroatoms. The summed E-state index contributed by atoms with van der Waals surface area (Å²) < 4.78 is 1.10. The Morgan fingerprint density at radius 3 is 2.63 bits per heavy atom. The Hall–Kier alpha value is -0.580. The minimum Gasteiger partial charge on any atom is -0.395 e. The lowest BCUT2D eigenvalue weighted by Crippen LogP contribution is -2.29. The molecule has 0 saturated carbocycles. The lowest BCUT2D eigenvalue weighted by atomic mass is 10.1. The van der Waals surface area contributed by atoms with Gasteiger partial charge >= 0.3 is 0 Å². The van der Waals surface area contributed by atoms with Crippen LogP contribution in [-0.4, -0.2) is 31.3 Å². The molecule has 0 atom stereocenters. The monoisotopic (exact) mass is 328 g/mol. The van der Waals surface area contributed by atoms with Crippen molar-refractivity contribution in [3.63, 3.8) is 0 Å². The van der Waals surface area contributed by atoms with Crippen molar-refractivity contribution in [1.82, 2.24) is 5.32 Å². The first-order valence-corrected chi connectivity index (χ1v) is 7.87. The minimum absolute atomic E-state index is 0.192. The number of aliphatic hydroxyl groups is 1. The van der Waals surface area contributed by atoms with E-state index in [4.69, 9.17) is 0 Å². The van der Waals surface area contributed by atoms with Crippen LogP contribution in [0.3, 0.4) is 0 Å². The molecule has 3 nitrogen and oxygen atoms in total. The number of nitrogens with one attached hydrogen (secondary N) is 1. The summed E-state index contributed by atoms with van der Waals surface area (Å²) in [7, 11) is 0. The van der Waals surface area contributed by atoms with Gasteiger partial charge in [-0.3, -0.25) is 0 Å². The van der Waals surface area contributed by atoms with Gasteiger partial charge in [0.15, 0.2) is 0 Å². The molecular weight excluding hydrogens is 304 g/mol. The second kappa shape index (κ2) is 9.34. The Balaban J connectivity index is 2.88. The molecule has 0 unspecified atom stereocenters. The third kappa shape index (κ3) is 5.51. The summed E-state index contributed by atoms with van der Waals surface area (Å²) in [6, 6.07) is 6.37. The molecule has 0 bridgehead atoms. The highest BCUT2D eigenvalue weighted by Crippen LogP contribution is 2.25. The lowest BCUT2D eigenvalue weighted by molar-refractivity contribution is 0.301. The fourth-order valence-electron chi connectivity index (χ4n) is 2.15. The van der Waals surface area contributed by atoms with E-state index >= 15 is 0 Å². The molecular formula is C15H25BrN2O. The molecule has 1 aromatic rings. The average molecular weight is 329 g/mol. The molecule has 0 saturated heterocycles. The van der Waals surface area contributed by atoms with Gasteiger partial charge in [-0.05, 0) is 43.1 Å². The van der Waals surface area contributed by atoms with E-state index in [9.17, 15) is 5.11 Å². The van der Waals surface area contributed by atoms with Gasteiger partial charge in [-0.2, -0.15) is 0 Å². The predicted molar refractivity (Wildman–Crippen MR) is 85.7 cm³/mol. The van der Waals surface area contributed by atoms with Crippen LogP contribution in [0.2, 0.25) is 0 Å². The maximum absolute atomic E-state index is 9.22. The zero-order valence-electron chi connectivity index (χ0n) is 12.0. The van der Waals surface area contributed by atoms with Gasteiger partial charge in [0.05, 0.1) is 6.61 Å². The lowest BCUT2D eigenvalue weighted by Gasteiger charge is -2.26. The zero-order chi connectivity index (χ0) is 14.1. The third-order valence-corrected chi connectivity index (χ3v) is 3.48. The Kier molecular flexibility index (Phi) is 8.10. The van der Waals surface area contributed by atoms with E-state index in [2.05, 4.69) is 58.2 Å². The molecule has 0 heterocycles. The Morgan fingerprint density at radius 2 is 2.00 bits per heavy atom. The highest BCUT2D eigenvalue weighted by Gasteiger charge is 2.10. The number of aliphatic hydroxyl groups excluding tert-OH is 1. The standard InChI is InChI=1S/C15H25BrN2O/c1-3-7-17-12-13-11-14(16)5-6-15(13)18(8-4-2)9-10-19/h5-6,11,17,19H,3-4,7-10,12H2,1-2H3. The number of hydrogen-bond acceptors (Lipinski definition) is 3. The Bertz CT molecular complexity index is 365. The zero-order valence-corrected chi connectivity index (χ0v) is 13.5. The molecule has 0 aliphatic carbocycles. The average Bonchev–Trinajstić information content (AvgIpc) is 2.39. The first kappa shape index (κ1) is 16.5. The van der Waals surface area contributed by atoms with Gasteiger partial charge in [-0.1, -0.05) is 29.8 Å². The smallest absolute Gasteiger partial charge is 0.0606 e. The fraction of sp³-hybridized carbons (Fsp3) is 0.600. The molecule has 1 rings (SSSR count). The second-order valence-corrected chi connectivity index (χ2v) is 5.58. The van der Waals surface area contributed by atoms with E-state index in [1.807, 2.05) is 0 Å². The molecule has 0 spiro atoms. The van der Waals surface area contributed by atoms with Crippen LogP contribution in [0.15, 0.2) is 22.7 Å². The van der Waals surface area contributed by atoms with Crippen molar-refractivity contribution in [2.75, 3.05) is 31.1 Å². The third-order valence-electron chi connectivity index (χ3n) is 2.99. The van der Waals surface area contributed by atoms with Crippen LogP contribution in [0.1, 0.15) is 32.3 Å². The summed E-state index contributed by atoms with van der Waals surface area (Å²) in [5, 5.41) is 12.7. The van der Waals surface area contributed by atoms with Crippen LogP contribution in [0, 0.1) is 0 Å². The quantitative estimate of drug-likeness (QED) is 0.683. The predicted octanol–water partition coefficient (Wildman–Crippen LogP) is 3.16. The first-order valence-electron chi connectivity index (χ1n) is 7.07. The van der Waals surface area contributed by atoms with Crippen molar-refractivity contribution in [2.24, 2.45) is 0 Å². The van der Waals surface area contributed by atoms with Gasteiger partial charge in [-0.15, -0.1) is 0 Å². The summed E-state index contributed by atoms with van der Waals surface area (Å²) in [4.78, 5) is 2.26. The molecule has 19 heavy (non-hydrogen) atoms. The molecule has 2 N–H and O–H groups in total. The molecule has 0 aliphatic rings. The van der Waals surface area contributed by atoms with Crippen LogP contribution in [0.25, 0.3) is 0 Å². The molecule has 0 aliphatic heterocycles. The Morgan fingerprint density at radius 1 is 1.21 bits per heavy atom. The molecule has 0 radical (unpaired) electrons. The maximum Gasteiger partial charge on any atom is 0.0606 e. The normalized spacial score (nSPS) is 10.7. The van der Waals surface area contributed by atoms with E-state index < -0.39 is 0 Å². The SMILES string of the molecule is CCCNCc1cc(Br)ccc1N(CCC)CCO. The number of nitrogens with zero attached hydrogens (tertiary/aromatic N) is 1. The van der Waals surface area contributed by atoms with Gasteiger partial charge in [0.25, 0.3) is 0 Å². The van der Waals surface area contributed by atoms with Crippen LogP contribution in [-0.2, 0) is 6.54 Å². The summed E-state index contributed by atoms with van der Waals surface area (Å²) in [5.74, 6) is 0. The van der Waals surface area contributed by atoms with Crippen molar-refractivity contribution in [3.05, 3.63) is 28.2 Å². The van der Waals surface area contributed by atoms with E-state index in [0.717, 1.165) is 36.9 Å². The van der Waals surface area contributed by atoms with Gasteiger partial charge < -0.3 is 15.3 Å². The van der Waals surface area contributed by atoms with Crippen molar-refractivity contribution in [2.45, 2.75) is 33.2 Å². The highest BCUT2D eigenvalue weighted by molar-refractivity contribution is 9.10. The summed E-state index contributed by atoms with van der Waals surface area (Å²) in [5.41, 5.74) is 2.51. The van der Waals surface area contributed by atoms with Gasteiger partial charge in [0, 0.05) is 29.8 Å². The molecule has 1 aromatic carbocycles. The second-order valence-electron chi connectivity index (χ2n) is 4.66. The van der Waals surface area contributed by atoms with Gasteiger partial charge in [0.2, 0.25) is 0 Å². The topological polar surface area (TPSA) is 35.5 Å².